The van der Waals surface area contributed by atoms with Gasteiger partial charge in [0.1, 0.15) is 18.1 Å². The van der Waals surface area contributed by atoms with Gasteiger partial charge in [0.05, 0.1) is 17.0 Å². The number of thioether (sulfide) groups is 1. The van der Waals surface area contributed by atoms with E-state index in [9.17, 15) is 14.4 Å². The zero-order chi connectivity index (χ0) is 24.1. The molecule has 1 aliphatic rings. The normalized spacial score (nSPS) is 14.5. The number of benzene rings is 3. The van der Waals surface area contributed by atoms with Crippen molar-refractivity contribution in [2.45, 2.75) is 13.8 Å². The number of carbonyl (C=O) groups is 3. The lowest BCUT2D eigenvalue weighted by Crippen LogP contribution is -2.32. The second-order valence-corrected chi connectivity index (χ2v) is 8.77. The van der Waals surface area contributed by atoms with Crippen LogP contribution in [0.1, 0.15) is 27.0 Å². The first-order valence-corrected chi connectivity index (χ1v) is 11.5. The molecule has 0 bridgehead atoms. The Morgan fingerprint density at radius 2 is 1.76 bits per heavy atom. The third kappa shape index (κ3) is 5.55. The Labute approximate surface area is 202 Å². The number of hydrogen-bond acceptors (Lipinski definition) is 6. The highest BCUT2D eigenvalue weighted by Gasteiger charge is 2.34. The molecule has 1 aliphatic heterocycles. The SMILES string of the molecule is Cc1ccc(C)c(OCCN2C(=O)S/C(=C\c3cccc(OC(=O)c4ccccc4)c3)C2=O)c1. The molecule has 2 amide bonds. The van der Waals surface area contributed by atoms with Crippen LogP contribution in [0.4, 0.5) is 4.79 Å². The van der Waals surface area contributed by atoms with Crippen molar-refractivity contribution in [2.75, 3.05) is 13.2 Å². The Morgan fingerprint density at radius 1 is 0.971 bits per heavy atom. The first-order valence-electron chi connectivity index (χ1n) is 10.7. The molecule has 34 heavy (non-hydrogen) atoms. The maximum Gasteiger partial charge on any atom is 0.343 e. The molecular weight excluding hydrogens is 450 g/mol. The third-order valence-corrected chi connectivity index (χ3v) is 6.07. The van der Waals surface area contributed by atoms with Crippen molar-refractivity contribution in [3.8, 4) is 11.5 Å². The molecule has 0 saturated carbocycles. The minimum absolute atomic E-state index is 0.157. The maximum absolute atomic E-state index is 12.8. The molecular formula is C27H23NO5S. The molecule has 172 valence electrons. The lowest BCUT2D eigenvalue weighted by atomic mass is 10.1. The molecule has 0 aromatic heterocycles. The molecule has 7 heteroatoms. The highest BCUT2D eigenvalue weighted by Crippen LogP contribution is 2.32. The summed E-state index contributed by atoms with van der Waals surface area (Å²) in [4.78, 5) is 39.0. The van der Waals surface area contributed by atoms with Gasteiger partial charge in [0.25, 0.3) is 11.1 Å². The molecule has 0 aliphatic carbocycles. The first-order chi connectivity index (χ1) is 16.4. The summed E-state index contributed by atoms with van der Waals surface area (Å²) in [6, 6.07) is 21.4. The van der Waals surface area contributed by atoms with Gasteiger partial charge in [-0.25, -0.2) is 4.79 Å². The zero-order valence-corrected chi connectivity index (χ0v) is 19.6. The lowest BCUT2D eigenvalue weighted by molar-refractivity contribution is -0.123. The highest BCUT2D eigenvalue weighted by molar-refractivity contribution is 8.18. The molecule has 1 heterocycles. The average Bonchev–Trinajstić information content (AvgIpc) is 3.09. The standard InChI is InChI=1S/C27H23NO5S/c1-18-11-12-19(2)23(15-18)32-14-13-28-25(29)24(34-27(28)31)17-20-7-6-10-22(16-20)33-26(30)21-8-4-3-5-9-21/h3-12,15-17H,13-14H2,1-2H3/b24-17-. The molecule has 0 atom stereocenters. The average molecular weight is 474 g/mol. The van der Waals surface area contributed by atoms with Gasteiger partial charge in [0.2, 0.25) is 0 Å². The Kier molecular flexibility index (Phi) is 7.13. The number of imide groups is 1. The number of esters is 1. The van der Waals surface area contributed by atoms with Crippen molar-refractivity contribution < 1.29 is 23.9 Å². The van der Waals surface area contributed by atoms with Crippen LogP contribution in [0.3, 0.4) is 0 Å². The van der Waals surface area contributed by atoms with Gasteiger partial charge >= 0.3 is 5.97 Å². The van der Waals surface area contributed by atoms with Crippen molar-refractivity contribution in [3.63, 3.8) is 0 Å². The van der Waals surface area contributed by atoms with E-state index in [0.29, 0.717) is 21.8 Å². The van der Waals surface area contributed by atoms with Crippen molar-refractivity contribution in [1.29, 1.82) is 0 Å². The summed E-state index contributed by atoms with van der Waals surface area (Å²) in [6.07, 6.45) is 1.62. The third-order valence-electron chi connectivity index (χ3n) is 5.17. The second kappa shape index (κ2) is 10.4. The summed E-state index contributed by atoms with van der Waals surface area (Å²) >= 11 is 0.880. The van der Waals surface area contributed by atoms with Crippen molar-refractivity contribution in [3.05, 3.63) is 100.0 Å². The Bertz CT molecular complexity index is 1270. The number of ether oxygens (including phenoxy) is 2. The number of amides is 2. The van der Waals surface area contributed by atoms with Crippen LogP contribution in [0.15, 0.2) is 77.7 Å². The molecule has 0 radical (unpaired) electrons. The van der Waals surface area contributed by atoms with Crippen molar-refractivity contribution in [2.24, 2.45) is 0 Å². The van der Waals surface area contributed by atoms with Crippen molar-refractivity contribution in [1.82, 2.24) is 4.90 Å². The summed E-state index contributed by atoms with van der Waals surface area (Å²) in [5.41, 5.74) is 3.16. The van der Waals surface area contributed by atoms with Crippen LogP contribution in [0.5, 0.6) is 11.5 Å². The van der Waals surface area contributed by atoms with E-state index in [2.05, 4.69) is 0 Å². The van der Waals surface area contributed by atoms with E-state index in [0.717, 1.165) is 28.6 Å². The van der Waals surface area contributed by atoms with E-state index in [1.165, 1.54) is 4.90 Å². The number of aryl methyl sites for hydroxylation is 2. The van der Waals surface area contributed by atoms with Crippen LogP contribution < -0.4 is 9.47 Å². The second-order valence-electron chi connectivity index (χ2n) is 7.78. The Hall–Kier alpha value is -3.84. The molecule has 1 fully saturated rings. The summed E-state index contributed by atoms with van der Waals surface area (Å²) in [5, 5.41) is -0.340. The van der Waals surface area contributed by atoms with Crippen LogP contribution in [0, 0.1) is 13.8 Å². The highest BCUT2D eigenvalue weighted by atomic mass is 32.2. The minimum Gasteiger partial charge on any atom is -0.491 e. The van der Waals surface area contributed by atoms with E-state index in [1.807, 2.05) is 38.1 Å². The smallest absolute Gasteiger partial charge is 0.343 e. The van der Waals surface area contributed by atoms with Gasteiger partial charge < -0.3 is 9.47 Å². The minimum atomic E-state index is -0.470. The maximum atomic E-state index is 12.8. The van der Waals surface area contributed by atoms with E-state index in [4.69, 9.17) is 9.47 Å². The van der Waals surface area contributed by atoms with Gasteiger partial charge in [0, 0.05) is 0 Å². The summed E-state index contributed by atoms with van der Waals surface area (Å²) in [6.45, 7) is 4.29. The number of carbonyl (C=O) groups excluding carboxylic acids is 3. The fourth-order valence-corrected chi connectivity index (χ4v) is 4.23. The lowest BCUT2D eigenvalue weighted by Gasteiger charge is -2.14. The molecule has 0 spiro atoms. The van der Waals surface area contributed by atoms with Crippen LogP contribution in [-0.4, -0.2) is 35.2 Å². The van der Waals surface area contributed by atoms with Gasteiger partial charge in [-0.15, -0.1) is 0 Å². The number of rotatable bonds is 7. The zero-order valence-electron chi connectivity index (χ0n) is 18.8. The van der Waals surface area contributed by atoms with E-state index >= 15 is 0 Å². The topological polar surface area (TPSA) is 72.9 Å². The van der Waals surface area contributed by atoms with Gasteiger partial charge in [-0.2, -0.15) is 0 Å². The summed E-state index contributed by atoms with van der Waals surface area (Å²) in [7, 11) is 0. The van der Waals surface area contributed by atoms with Gasteiger partial charge in [0.15, 0.2) is 0 Å². The molecule has 0 N–H and O–H groups in total. The van der Waals surface area contributed by atoms with Gasteiger partial charge in [-0.3, -0.25) is 14.5 Å². The van der Waals surface area contributed by atoms with Crippen LogP contribution >= 0.6 is 11.8 Å². The van der Waals surface area contributed by atoms with Crippen LogP contribution in [0.25, 0.3) is 6.08 Å². The van der Waals surface area contributed by atoms with E-state index in [-0.39, 0.29) is 24.3 Å². The molecule has 6 nitrogen and oxygen atoms in total. The van der Waals surface area contributed by atoms with Crippen molar-refractivity contribution >= 4 is 35.0 Å². The van der Waals surface area contributed by atoms with E-state index < -0.39 is 5.97 Å². The summed E-state index contributed by atoms with van der Waals surface area (Å²) in [5.74, 6) is 0.251. The Morgan fingerprint density at radius 3 is 2.56 bits per heavy atom. The number of hydrogen-bond donors (Lipinski definition) is 0. The quantitative estimate of drug-likeness (QED) is 0.251. The largest absolute Gasteiger partial charge is 0.491 e. The molecule has 1 saturated heterocycles. The molecule has 0 unspecified atom stereocenters. The fraction of sp³-hybridized carbons (Fsp3) is 0.148. The predicted octanol–water partition coefficient (Wildman–Crippen LogP) is 5.64. The molecule has 3 aromatic rings. The van der Waals surface area contributed by atoms with Gasteiger partial charge in [-0.1, -0.05) is 42.5 Å². The van der Waals surface area contributed by atoms with Gasteiger partial charge in [-0.05, 0) is 78.7 Å². The summed E-state index contributed by atoms with van der Waals surface area (Å²) < 4.78 is 11.2. The monoisotopic (exact) mass is 473 g/mol. The Balaban J connectivity index is 1.40. The fourth-order valence-electron chi connectivity index (χ4n) is 3.36. The first kappa shape index (κ1) is 23.3. The van der Waals surface area contributed by atoms with Crippen LogP contribution in [-0.2, 0) is 4.79 Å². The van der Waals surface area contributed by atoms with Crippen LogP contribution in [0.2, 0.25) is 0 Å². The molecule has 4 rings (SSSR count). The predicted molar refractivity (Wildman–Crippen MR) is 132 cm³/mol. The molecule has 3 aromatic carbocycles. The van der Waals surface area contributed by atoms with E-state index in [1.54, 1.807) is 54.6 Å². The number of nitrogens with zero attached hydrogens (tertiary/aromatic N) is 1.